The predicted octanol–water partition coefficient (Wildman–Crippen LogP) is 0.433. The second-order valence-corrected chi connectivity index (χ2v) is 7.31. The normalized spacial score (nSPS) is 20.4. The van der Waals surface area contributed by atoms with E-state index in [1.165, 1.54) is 22.5 Å². The van der Waals surface area contributed by atoms with Crippen LogP contribution in [0.1, 0.15) is 0 Å². The highest BCUT2D eigenvalue weighted by atomic mass is 32.2. The van der Waals surface area contributed by atoms with Crippen LogP contribution in [0.15, 0.2) is 34.2 Å². The van der Waals surface area contributed by atoms with E-state index in [1.54, 1.807) is 0 Å². The molecule has 0 unspecified atom stereocenters. The number of piperazine rings is 1. The maximum atomic E-state index is 13.9. The highest BCUT2D eigenvalue weighted by Gasteiger charge is 2.35. The maximum Gasteiger partial charge on any atom is 0.269 e. The molecule has 0 aliphatic carbocycles. The first-order chi connectivity index (χ1) is 10.5. The van der Waals surface area contributed by atoms with Gasteiger partial charge in [-0.3, -0.25) is 4.99 Å². The molecule has 1 aromatic rings. The first-order valence-electron chi connectivity index (χ1n) is 7.25. The van der Waals surface area contributed by atoms with E-state index in [4.69, 9.17) is 0 Å². The number of halogens is 1. The molecular weight excluding hydrogens is 307 g/mol. The standard InChI is InChI=1S/C14H19FN4O2S/c1-17-8-10-18(11-9-17)14-16-6-7-19(14)22(20,21)13-5-3-2-4-12(13)15/h2-5H,6-11H2,1H3. The van der Waals surface area contributed by atoms with Crippen LogP contribution >= 0.6 is 0 Å². The molecule has 22 heavy (non-hydrogen) atoms. The van der Waals surface area contributed by atoms with Gasteiger partial charge in [0, 0.05) is 26.2 Å². The quantitative estimate of drug-likeness (QED) is 0.791. The summed E-state index contributed by atoms with van der Waals surface area (Å²) in [7, 11) is -1.88. The fourth-order valence-electron chi connectivity index (χ4n) is 2.68. The largest absolute Gasteiger partial charge is 0.339 e. The molecule has 0 amide bonds. The molecule has 8 heteroatoms. The summed E-state index contributed by atoms with van der Waals surface area (Å²) >= 11 is 0. The molecule has 0 bridgehead atoms. The summed E-state index contributed by atoms with van der Waals surface area (Å²) < 4.78 is 40.6. The van der Waals surface area contributed by atoms with Gasteiger partial charge in [0.1, 0.15) is 10.7 Å². The minimum absolute atomic E-state index is 0.262. The van der Waals surface area contributed by atoms with Crippen LogP contribution in [0.25, 0.3) is 0 Å². The van der Waals surface area contributed by atoms with Crippen molar-refractivity contribution in [2.45, 2.75) is 4.90 Å². The summed E-state index contributed by atoms with van der Waals surface area (Å²) in [6.07, 6.45) is 0. The Balaban J connectivity index is 1.88. The van der Waals surface area contributed by atoms with Crippen LogP contribution in [0, 0.1) is 5.82 Å². The Bertz CT molecular complexity index is 684. The molecule has 0 saturated carbocycles. The van der Waals surface area contributed by atoms with Crippen LogP contribution in [0.3, 0.4) is 0 Å². The van der Waals surface area contributed by atoms with Crippen molar-refractivity contribution in [3.05, 3.63) is 30.1 Å². The minimum atomic E-state index is -3.91. The number of sulfonamides is 1. The van der Waals surface area contributed by atoms with Crippen molar-refractivity contribution < 1.29 is 12.8 Å². The lowest BCUT2D eigenvalue weighted by molar-refractivity contribution is 0.208. The molecule has 2 aliphatic rings. The number of nitrogens with zero attached hydrogens (tertiary/aromatic N) is 4. The second-order valence-electron chi connectivity index (χ2n) is 5.48. The van der Waals surface area contributed by atoms with Gasteiger partial charge in [0.05, 0.1) is 13.1 Å². The number of rotatable bonds is 2. The van der Waals surface area contributed by atoms with Gasteiger partial charge < -0.3 is 9.80 Å². The zero-order chi connectivity index (χ0) is 15.7. The molecule has 0 spiro atoms. The van der Waals surface area contributed by atoms with Gasteiger partial charge in [-0.1, -0.05) is 12.1 Å². The van der Waals surface area contributed by atoms with Crippen LogP contribution in [0.5, 0.6) is 0 Å². The van der Waals surface area contributed by atoms with Gasteiger partial charge in [-0.25, -0.2) is 17.1 Å². The minimum Gasteiger partial charge on any atom is -0.339 e. The molecule has 0 atom stereocenters. The van der Waals surface area contributed by atoms with Gasteiger partial charge in [-0.15, -0.1) is 0 Å². The van der Waals surface area contributed by atoms with E-state index in [0.717, 1.165) is 32.2 Å². The van der Waals surface area contributed by atoms with Gasteiger partial charge in [-0.05, 0) is 19.2 Å². The van der Waals surface area contributed by atoms with E-state index < -0.39 is 15.8 Å². The Hall–Kier alpha value is -1.67. The van der Waals surface area contributed by atoms with Gasteiger partial charge in [0.2, 0.25) is 5.96 Å². The van der Waals surface area contributed by atoms with Crippen molar-refractivity contribution >= 4 is 16.0 Å². The zero-order valence-corrected chi connectivity index (χ0v) is 13.3. The van der Waals surface area contributed by atoms with E-state index >= 15 is 0 Å². The van der Waals surface area contributed by atoms with Crippen LogP contribution < -0.4 is 0 Å². The maximum absolute atomic E-state index is 13.9. The summed E-state index contributed by atoms with van der Waals surface area (Å²) in [5, 5.41) is 0. The molecule has 3 rings (SSSR count). The molecule has 1 fully saturated rings. The number of aliphatic imine (C=N–C) groups is 1. The van der Waals surface area contributed by atoms with Crippen LogP contribution in [0.2, 0.25) is 0 Å². The average Bonchev–Trinajstić information content (AvgIpc) is 2.98. The Kier molecular flexibility index (Phi) is 4.05. The number of hydrogen-bond donors (Lipinski definition) is 0. The average molecular weight is 326 g/mol. The SMILES string of the molecule is CN1CCN(C2=NCCN2S(=O)(=O)c2ccccc2F)CC1. The summed E-state index contributed by atoms with van der Waals surface area (Å²) in [5.74, 6) is -0.288. The van der Waals surface area contributed by atoms with E-state index in [9.17, 15) is 12.8 Å². The lowest BCUT2D eigenvalue weighted by atomic mass is 10.3. The molecule has 0 aromatic heterocycles. The number of benzene rings is 1. The van der Waals surface area contributed by atoms with Crippen molar-refractivity contribution in [2.24, 2.45) is 4.99 Å². The summed E-state index contributed by atoms with van der Waals surface area (Å²) in [5.41, 5.74) is 0. The predicted molar refractivity (Wildman–Crippen MR) is 81.7 cm³/mol. The van der Waals surface area contributed by atoms with E-state index in [1.807, 2.05) is 11.9 Å². The smallest absolute Gasteiger partial charge is 0.269 e. The first-order valence-corrected chi connectivity index (χ1v) is 8.69. The van der Waals surface area contributed by atoms with Crippen molar-refractivity contribution in [1.82, 2.24) is 14.1 Å². The molecule has 6 nitrogen and oxygen atoms in total. The third kappa shape index (κ3) is 2.68. The first kappa shape index (κ1) is 15.2. The molecule has 1 saturated heterocycles. The lowest BCUT2D eigenvalue weighted by Crippen LogP contribution is -2.52. The highest BCUT2D eigenvalue weighted by molar-refractivity contribution is 7.89. The van der Waals surface area contributed by atoms with Gasteiger partial charge in [-0.2, -0.15) is 0 Å². The van der Waals surface area contributed by atoms with Gasteiger partial charge >= 0.3 is 0 Å². The van der Waals surface area contributed by atoms with Gasteiger partial charge in [0.15, 0.2) is 0 Å². The van der Waals surface area contributed by atoms with Crippen LogP contribution in [-0.4, -0.2) is 74.8 Å². The number of hydrogen-bond acceptors (Lipinski definition) is 5. The lowest BCUT2D eigenvalue weighted by Gasteiger charge is -2.36. The summed E-state index contributed by atoms with van der Waals surface area (Å²) in [6.45, 7) is 3.82. The van der Waals surface area contributed by atoms with Crippen molar-refractivity contribution in [3.8, 4) is 0 Å². The Morgan fingerprint density at radius 1 is 1.09 bits per heavy atom. The molecule has 0 radical (unpaired) electrons. The van der Waals surface area contributed by atoms with Gasteiger partial charge in [0.25, 0.3) is 10.0 Å². The summed E-state index contributed by atoms with van der Waals surface area (Å²) in [4.78, 5) is 8.19. The molecule has 0 N–H and O–H groups in total. The monoisotopic (exact) mass is 326 g/mol. The molecule has 2 heterocycles. The second kappa shape index (κ2) is 5.85. The number of guanidine groups is 1. The van der Waals surface area contributed by atoms with Crippen LogP contribution in [-0.2, 0) is 10.0 Å². The molecule has 2 aliphatic heterocycles. The topological polar surface area (TPSA) is 56.2 Å². The fourth-order valence-corrected chi connectivity index (χ4v) is 4.20. The van der Waals surface area contributed by atoms with Crippen molar-refractivity contribution in [2.75, 3.05) is 46.3 Å². The van der Waals surface area contributed by atoms with E-state index in [-0.39, 0.29) is 11.4 Å². The van der Waals surface area contributed by atoms with Crippen LogP contribution in [0.4, 0.5) is 4.39 Å². The summed E-state index contributed by atoms with van der Waals surface area (Å²) in [6, 6.07) is 5.47. The van der Waals surface area contributed by atoms with E-state index in [0.29, 0.717) is 12.5 Å². The Morgan fingerprint density at radius 2 is 1.77 bits per heavy atom. The fraction of sp³-hybridized carbons (Fsp3) is 0.500. The Labute approximate surface area is 129 Å². The third-order valence-electron chi connectivity index (χ3n) is 3.97. The number of likely N-dealkylation sites (N-methyl/N-ethyl adjacent to an activating group) is 1. The third-order valence-corrected chi connectivity index (χ3v) is 5.78. The molecule has 1 aromatic carbocycles. The van der Waals surface area contributed by atoms with Crippen molar-refractivity contribution in [1.29, 1.82) is 0 Å². The highest BCUT2D eigenvalue weighted by Crippen LogP contribution is 2.22. The Morgan fingerprint density at radius 3 is 2.45 bits per heavy atom. The van der Waals surface area contributed by atoms with Crippen molar-refractivity contribution in [3.63, 3.8) is 0 Å². The zero-order valence-electron chi connectivity index (χ0n) is 12.4. The molecular formula is C14H19FN4O2S. The molecule has 120 valence electrons. The van der Waals surface area contributed by atoms with E-state index in [2.05, 4.69) is 9.89 Å².